The Morgan fingerprint density at radius 1 is 1.62 bits per heavy atom. The van der Waals surface area contributed by atoms with E-state index in [1.165, 1.54) is 13.0 Å². The fraction of sp³-hybridized carbons (Fsp3) is 0.375. The van der Waals surface area contributed by atoms with Crippen LogP contribution in [0.15, 0.2) is 6.07 Å². The molecule has 0 amide bonds. The number of halogens is 3. The molecular formula is C8H9BrF2N2. The van der Waals surface area contributed by atoms with Gasteiger partial charge in [0.05, 0.1) is 0 Å². The second-order valence-electron chi connectivity index (χ2n) is 2.64. The zero-order valence-electron chi connectivity index (χ0n) is 7.02. The Bertz CT molecular complexity index is 315. The van der Waals surface area contributed by atoms with E-state index in [1.54, 1.807) is 0 Å². The van der Waals surface area contributed by atoms with Gasteiger partial charge < -0.3 is 5.73 Å². The molecule has 1 aromatic rings. The maximum atomic E-state index is 12.4. The third-order valence-corrected chi connectivity index (χ3v) is 2.35. The highest BCUT2D eigenvalue weighted by molar-refractivity contribution is 9.08. The average molecular weight is 251 g/mol. The van der Waals surface area contributed by atoms with Gasteiger partial charge in [0, 0.05) is 22.2 Å². The molecule has 0 unspecified atom stereocenters. The van der Waals surface area contributed by atoms with Crippen LogP contribution >= 0.6 is 15.9 Å². The van der Waals surface area contributed by atoms with Gasteiger partial charge in [-0.3, -0.25) is 0 Å². The van der Waals surface area contributed by atoms with Crippen LogP contribution in [-0.2, 0) is 5.33 Å². The molecule has 0 aliphatic heterocycles. The predicted molar refractivity (Wildman–Crippen MR) is 51.0 cm³/mol. The molecular weight excluding hydrogens is 242 g/mol. The van der Waals surface area contributed by atoms with Gasteiger partial charge in [-0.05, 0) is 13.0 Å². The Balaban J connectivity index is 3.22. The molecule has 13 heavy (non-hydrogen) atoms. The van der Waals surface area contributed by atoms with Crippen molar-refractivity contribution in [2.75, 3.05) is 5.73 Å². The van der Waals surface area contributed by atoms with Crippen LogP contribution in [0.1, 0.15) is 23.2 Å². The first-order chi connectivity index (χ1) is 6.06. The lowest BCUT2D eigenvalue weighted by Crippen LogP contribution is -2.02. The van der Waals surface area contributed by atoms with Crippen LogP contribution in [0.4, 0.5) is 14.6 Å². The molecule has 2 nitrogen and oxygen atoms in total. The summed E-state index contributed by atoms with van der Waals surface area (Å²) < 4.78 is 24.8. The second-order valence-corrected chi connectivity index (χ2v) is 3.20. The second kappa shape index (κ2) is 4.00. The summed E-state index contributed by atoms with van der Waals surface area (Å²) in [5.74, 6) is 0.304. The smallest absolute Gasteiger partial charge is 0.265 e. The summed E-state index contributed by atoms with van der Waals surface area (Å²) in [5, 5.41) is 0.436. The van der Waals surface area contributed by atoms with Crippen LogP contribution in [0.3, 0.4) is 0 Å². The molecule has 0 spiro atoms. The first-order valence-electron chi connectivity index (χ1n) is 3.66. The van der Waals surface area contributed by atoms with Crippen molar-refractivity contribution in [2.24, 2.45) is 0 Å². The Kier molecular flexibility index (Phi) is 3.19. The number of hydrogen-bond acceptors (Lipinski definition) is 2. The normalized spacial score (nSPS) is 10.8. The van der Waals surface area contributed by atoms with Gasteiger partial charge in [-0.25, -0.2) is 13.8 Å². The van der Waals surface area contributed by atoms with Crippen molar-refractivity contribution in [3.63, 3.8) is 0 Å². The first kappa shape index (κ1) is 10.4. The number of pyridine rings is 1. The van der Waals surface area contributed by atoms with Crippen molar-refractivity contribution < 1.29 is 8.78 Å². The molecule has 0 bridgehead atoms. The molecule has 0 fully saturated rings. The summed E-state index contributed by atoms with van der Waals surface area (Å²) in [7, 11) is 0. The number of anilines is 1. The monoisotopic (exact) mass is 250 g/mol. The van der Waals surface area contributed by atoms with E-state index in [1.807, 2.05) is 0 Å². The third-order valence-electron chi connectivity index (χ3n) is 1.74. The van der Waals surface area contributed by atoms with Gasteiger partial charge in [0.2, 0.25) is 0 Å². The van der Waals surface area contributed by atoms with Gasteiger partial charge in [0.15, 0.2) is 0 Å². The highest BCUT2D eigenvalue weighted by Gasteiger charge is 2.13. The van der Waals surface area contributed by atoms with E-state index in [2.05, 4.69) is 20.9 Å². The molecule has 0 aliphatic rings. The van der Waals surface area contributed by atoms with Gasteiger partial charge in [0.25, 0.3) is 6.43 Å². The fourth-order valence-electron chi connectivity index (χ4n) is 1.01. The lowest BCUT2D eigenvalue weighted by Gasteiger charge is -2.08. The van der Waals surface area contributed by atoms with Gasteiger partial charge in [-0.2, -0.15) is 0 Å². The lowest BCUT2D eigenvalue weighted by atomic mass is 10.1. The zero-order chi connectivity index (χ0) is 10.0. The van der Waals surface area contributed by atoms with Crippen LogP contribution < -0.4 is 5.73 Å². The molecule has 0 aliphatic carbocycles. The van der Waals surface area contributed by atoms with Crippen molar-refractivity contribution in [3.8, 4) is 0 Å². The zero-order valence-corrected chi connectivity index (χ0v) is 8.61. The van der Waals surface area contributed by atoms with Crippen molar-refractivity contribution in [3.05, 3.63) is 22.9 Å². The molecule has 0 atom stereocenters. The van der Waals surface area contributed by atoms with Gasteiger partial charge in [0.1, 0.15) is 5.82 Å². The topological polar surface area (TPSA) is 38.9 Å². The molecule has 0 saturated heterocycles. The number of aryl methyl sites for hydroxylation is 1. The van der Waals surface area contributed by atoms with Crippen molar-refractivity contribution in [2.45, 2.75) is 18.7 Å². The summed E-state index contributed by atoms with van der Waals surface area (Å²) in [6.45, 7) is 1.52. The van der Waals surface area contributed by atoms with E-state index in [0.29, 0.717) is 16.7 Å². The average Bonchev–Trinajstić information content (AvgIpc) is 2.03. The van der Waals surface area contributed by atoms with Crippen LogP contribution in [0, 0.1) is 6.92 Å². The summed E-state index contributed by atoms with van der Waals surface area (Å²) in [4.78, 5) is 3.83. The van der Waals surface area contributed by atoms with E-state index in [-0.39, 0.29) is 11.3 Å². The number of aromatic nitrogens is 1. The van der Waals surface area contributed by atoms with Crippen molar-refractivity contribution in [1.29, 1.82) is 0 Å². The quantitative estimate of drug-likeness (QED) is 0.821. The maximum absolute atomic E-state index is 12.4. The van der Waals surface area contributed by atoms with Gasteiger partial charge in [-0.1, -0.05) is 15.9 Å². The Morgan fingerprint density at radius 3 is 2.69 bits per heavy atom. The SMILES string of the molecule is Cc1nc(N)c(CBr)cc1C(F)F. The highest BCUT2D eigenvalue weighted by atomic mass is 79.9. The number of alkyl halides is 3. The van der Waals surface area contributed by atoms with E-state index >= 15 is 0 Å². The highest BCUT2D eigenvalue weighted by Crippen LogP contribution is 2.25. The van der Waals surface area contributed by atoms with Crippen LogP contribution in [0.5, 0.6) is 0 Å². The Morgan fingerprint density at radius 2 is 2.23 bits per heavy atom. The molecule has 0 saturated carbocycles. The van der Waals surface area contributed by atoms with Crippen LogP contribution in [0.2, 0.25) is 0 Å². The van der Waals surface area contributed by atoms with Crippen LogP contribution in [-0.4, -0.2) is 4.98 Å². The molecule has 0 aromatic carbocycles. The summed E-state index contributed by atoms with van der Waals surface area (Å²) in [6.07, 6.45) is -2.49. The van der Waals surface area contributed by atoms with Gasteiger partial charge in [-0.15, -0.1) is 0 Å². The Labute approximate surface area is 83.3 Å². The van der Waals surface area contributed by atoms with Crippen LogP contribution in [0.25, 0.3) is 0 Å². The number of rotatable bonds is 2. The molecule has 2 N–H and O–H groups in total. The number of nitrogens with zero attached hydrogens (tertiary/aromatic N) is 1. The number of nitrogen functional groups attached to an aromatic ring is 1. The molecule has 1 heterocycles. The standard InChI is InChI=1S/C8H9BrF2N2/c1-4-6(7(10)11)2-5(3-9)8(12)13-4/h2,7H,3H2,1H3,(H2,12,13). The number of hydrogen-bond donors (Lipinski definition) is 1. The lowest BCUT2D eigenvalue weighted by molar-refractivity contribution is 0.150. The number of nitrogens with two attached hydrogens (primary N) is 1. The van der Waals surface area contributed by atoms with Crippen molar-refractivity contribution in [1.82, 2.24) is 4.98 Å². The van der Waals surface area contributed by atoms with E-state index in [4.69, 9.17) is 5.73 Å². The third kappa shape index (κ3) is 2.15. The minimum atomic E-state index is -2.49. The molecule has 1 rings (SSSR count). The molecule has 5 heteroatoms. The summed E-state index contributed by atoms with van der Waals surface area (Å²) in [6, 6.07) is 1.39. The summed E-state index contributed by atoms with van der Waals surface area (Å²) >= 11 is 3.15. The van der Waals surface area contributed by atoms with E-state index < -0.39 is 6.43 Å². The van der Waals surface area contributed by atoms with E-state index in [9.17, 15) is 8.78 Å². The Hall–Kier alpha value is -0.710. The van der Waals surface area contributed by atoms with E-state index in [0.717, 1.165) is 0 Å². The molecule has 72 valence electrons. The minimum Gasteiger partial charge on any atom is -0.383 e. The first-order valence-corrected chi connectivity index (χ1v) is 4.78. The van der Waals surface area contributed by atoms with Crippen molar-refractivity contribution >= 4 is 21.7 Å². The fourth-order valence-corrected chi connectivity index (χ4v) is 1.46. The largest absolute Gasteiger partial charge is 0.383 e. The van der Waals surface area contributed by atoms with Gasteiger partial charge >= 0.3 is 0 Å². The minimum absolute atomic E-state index is 0.0522. The maximum Gasteiger partial charge on any atom is 0.265 e. The summed E-state index contributed by atoms with van der Waals surface area (Å²) in [5.41, 5.74) is 6.35. The molecule has 0 radical (unpaired) electrons. The predicted octanol–water partition coefficient (Wildman–Crippen LogP) is 2.80. The molecule has 1 aromatic heterocycles.